The van der Waals surface area contributed by atoms with E-state index >= 15 is 0 Å². The Labute approximate surface area is 177 Å². The van der Waals surface area contributed by atoms with Gasteiger partial charge in [-0.3, -0.25) is 24.0 Å². The molecular weight excluding hydrogens is 410 g/mol. The number of nitrogens with one attached hydrogen (secondary N) is 1. The summed E-state index contributed by atoms with van der Waals surface area (Å²) in [6, 6.07) is 7.30. The highest BCUT2D eigenvalue weighted by molar-refractivity contribution is 6.34. The first-order chi connectivity index (χ1) is 14.2. The minimum absolute atomic E-state index is 0.00147. The quantitative estimate of drug-likeness (QED) is 0.475. The minimum atomic E-state index is -0.583. The number of imidazole rings is 1. The van der Waals surface area contributed by atoms with Crippen LogP contribution in [-0.2, 0) is 14.1 Å². The Hall–Kier alpha value is -3.33. The Bertz CT molecular complexity index is 1210. The maximum Gasteiger partial charge on any atom is 0.328 e. The van der Waals surface area contributed by atoms with Crippen LogP contribution in [0.4, 0.5) is 17.1 Å². The molecule has 0 saturated heterocycles. The molecule has 10 heteroatoms. The van der Waals surface area contributed by atoms with Crippen molar-refractivity contribution in [1.29, 1.82) is 0 Å². The fourth-order valence-electron chi connectivity index (χ4n) is 3.45. The lowest BCUT2D eigenvalue weighted by Gasteiger charge is -2.24. The molecule has 3 aromatic rings. The molecule has 0 atom stereocenters. The van der Waals surface area contributed by atoms with Crippen molar-refractivity contribution in [3.05, 3.63) is 61.5 Å². The van der Waals surface area contributed by atoms with Gasteiger partial charge in [-0.1, -0.05) is 11.6 Å². The molecule has 3 rings (SSSR count). The van der Waals surface area contributed by atoms with Gasteiger partial charge in [0.05, 0.1) is 37.9 Å². The lowest BCUT2D eigenvalue weighted by molar-refractivity contribution is -0.384. The van der Waals surface area contributed by atoms with Gasteiger partial charge in [0.25, 0.3) is 11.6 Å². The Morgan fingerprint density at radius 1 is 1.13 bits per heavy atom. The molecule has 2 aromatic carbocycles. The van der Waals surface area contributed by atoms with Crippen molar-refractivity contribution in [2.24, 2.45) is 14.1 Å². The molecule has 1 N–H and O–H groups in total. The van der Waals surface area contributed by atoms with E-state index in [0.717, 1.165) is 17.3 Å². The van der Waals surface area contributed by atoms with Gasteiger partial charge in [-0.15, -0.1) is 0 Å². The summed E-state index contributed by atoms with van der Waals surface area (Å²) in [5.74, 6) is -0.572. The van der Waals surface area contributed by atoms with Crippen LogP contribution in [0.25, 0.3) is 11.0 Å². The van der Waals surface area contributed by atoms with Gasteiger partial charge in [-0.25, -0.2) is 4.79 Å². The number of nitro benzene ring substituents is 1. The van der Waals surface area contributed by atoms with Gasteiger partial charge in [0.15, 0.2) is 0 Å². The van der Waals surface area contributed by atoms with Crippen molar-refractivity contribution in [3.63, 3.8) is 0 Å². The first kappa shape index (κ1) is 21.4. The summed E-state index contributed by atoms with van der Waals surface area (Å²) in [7, 11) is 3.35. The fraction of sp³-hybridized carbons (Fsp3) is 0.300. The zero-order chi connectivity index (χ0) is 22.2. The van der Waals surface area contributed by atoms with E-state index in [0.29, 0.717) is 24.3 Å². The van der Waals surface area contributed by atoms with Crippen LogP contribution in [-0.4, -0.2) is 33.1 Å². The van der Waals surface area contributed by atoms with Gasteiger partial charge in [-0.2, -0.15) is 0 Å². The average Bonchev–Trinajstić information content (AvgIpc) is 2.92. The van der Waals surface area contributed by atoms with Gasteiger partial charge in [0.1, 0.15) is 0 Å². The maximum absolute atomic E-state index is 12.9. The van der Waals surface area contributed by atoms with Crippen molar-refractivity contribution < 1.29 is 9.72 Å². The zero-order valence-electron chi connectivity index (χ0n) is 17.1. The van der Waals surface area contributed by atoms with E-state index < -0.39 is 10.8 Å². The molecule has 0 fully saturated rings. The number of non-ortho nitro benzene ring substituents is 1. The van der Waals surface area contributed by atoms with Gasteiger partial charge in [0, 0.05) is 39.3 Å². The van der Waals surface area contributed by atoms with E-state index in [1.165, 1.54) is 16.7 Å². The van der Waals surface area contributed by atoms with Crippen LogP contribution in [0, 0.1) is 10.1 Å². The summed E-state index contributed by atoms with van der Waals surface area (Å²) in [5.41, 5.74) is 2.20. The van der Waals surface area contributed by atoms with E-state index in [-0.39, 0.29) is 22.0 Å². The first-order valence-electron chi connectivity index (χ1n) is 9.39. The Kier molecular flexibility index (Phi) is 5.84. The fourth-order valence-corrected chi connectivity index (χ4v) is 3.65. The zero-order valence-corrected chi connectivity index (χ0v) is 17.9. The smallest absolute Gasteiger partial charge is 0.328 e. The number of hydrogen-bond acceptors (Lipinski definition) is 5. The van der Waals surface area contributed by atoms with Crippen LogP contribution >= 0.6 is 11.6 Å². The number of fused-ring (bicyclic) bond motifs is 1. The minimum Gasteiger partial charge on any atom is -0.370 e. The number of carbonyl (C=O) groups is 1. The lowest BCUT2D eigenvalue weighted by atomic mass is 10.1. The summed E-state index contributed by atoms with van der Waals surface area (Å²) < 4.78 is 3.04. The number of amides is 1. The maximum atomic E-state index is 12.9. The second-order valence-electron chi connectivity index (χ2n) is 6.81. The Morgan fingerprint density at radius 2 is 1.73 bits per heavy atom. The van der Waals surface area contributed by atoms with Crippen LogP contribution in [0.1, 0.15) is 24.2 Å². The van der Waals surface area contributed by atoms with E-state index in [1.54, 1.807) is 24.7 Å². The largest absolute Gasteiger partial charge is 0.370 e. The summed E-state index contributed by atoms with van der Waals surface area (Å²) in [6.45, 7) is 5.34. The highest BCUT2D eigenvalue weighted by atomic mass is 35.5. The molecule has 0 aliphatic rings. The predicted molar refractivity (Wildman–Crippen MR) is 118 cm³/mol. The number of aryl methyl sites for hydroxylation is 2. The highest BCUT2D eigenvalue weighted by Gasteiger charge is 2.20. The molecule has 0 aliphatic heterocycles. The van der Waals surface area contributed by atoms with Gasteiger partial charge >= 0.3 is 5.69 Å². The molecule has 158 valence electrons. The van der Waals surface area contributed by atoms with Crippen molar-refractivity contribution in [2.45, 2.75) is 13.8 Å². The molecule has 0 unspecified atom stereocenters. The number of nitrogens with zero attached hydrogens (tertiary/aromatic N) is 4. The highest BCUT2D eigenvalue weighted by Crippen LogP contribution is 2.32. The van der Waals surface area contributed by atoms with Crippen LogP contribution < -0.4 is 15.9 Å². The Morgan fingerprint density at radius 3 is 2.30 bits per heavy atom. The number of hydrogen-bond donors (Lipinski definition) is 1. The van der Waals surface area contributed by atoms with Crippen molar-refractivity contribution in [3.8, 4) is 0 Å². The number of rotatable bonds is 6. The van der Waals surface area contributed by atoms with Crippen molar-refractivity contribution >= 4 is 45.6 Å². The number of benzene rings is 2. The molecule has 1 aromatic heterocycles. The topological polar surface area (TPSA) is 102 Å². The van der Waals surface area contributed by atoms with Gasteiger partial charge in [-0.05, 0) is 32.0 Å². The second-order valence-corrected chi connectivity index (χ2v) is 7.21. The number of halogens is 1. The summed E-state index contributed by atoms with van der Waals surface area (Å²) in [4.78, 5) is 37.8. The molecule has 0 spiro atoms. The molecule has 0 saturated carbocycles. The number of anilines is 2. The molecule has 9 nitrogen and oxygen atoms in total. The summed E-state index contributed by atoms with van der Waals surface area (Å²) in [5, 5.41) is 14.0. The third-order valence-corrected chi connectivity index (χ3v) is 5.48. The van der Waals surface area contributed by atoms with Gasteiger partial charge in [0.2, 0.25) is 0 Å². The third kappa shape index (κ3) is 3.63. The molecule has 30 heavy (non-hydrogen) atoms. The molecule has 0 radical (unpaired) electrons. The van der Waals surface area contributed by atoms with Crippen molar-refractivity contribution in [1.82, 2.24) is 9.13 Å². The van der Waals surface area contributed by atoms with E-state index in [1.807, 2.05) is 24.8 Å². The Balaban J connectivity index is 2.15. The van der Waals surface area contributed by atoms with Crippen LogP contribution in [0.15, 0.2) is 35.1 Å². The number of carbonyl (C=O) groups excluding carboxylic acids is 1. The van der Waals surface area contributed by atoms with E-state index in [9.17, 15) is 19.7 Å². The monoisotopic (exact) mass is 431 g/mol. The summed E-state index contributed by atoms with van der Waals surface area (Å²) >= 11 is 6.12. The number of nitro groups is 1. The molecule has 1 heterocycles. The van der Waals surface area contributed by atoms with Gasteiger partial charge < -0.3 is 10.2 Å². The number of aromatic nitrogens is 2. The lowest BCUT2D eigenvalue weighted by Crippen LogP contribution is -2.24. The van der Waals surface area contributed by atoms with E-state index in [4.69, 9.17) is 11.6 Å². The first-order valence-corrected chi connectivity index (χ1v) is 9.77. The van der Waals surface area contributed by atoms with Crippen LogP contribution in [0.5, 0.6) is 0 Å². The summed E-state index contributed by atoms with van der Waals surface area (Å²) in [6.07, 6.45) is 0. The third-order valence-electron chi connectivity index (χ3n) is 5.15. The normalized spacial score (nSPS) is 11.0. The molecule has 0 bridgehead atoms. The van der Waals surface area contributed by atoms with Crippen molar-refractivity contribution in [2.75, 3.05) is 23.3 Å². The molecular formula is C20H22ClN5O4. The average molecular weight is 432 g/mol. The predicted octanol–water partition coefficient (Wildman–Crippen LogP) is 3.54. The van der Waals surface area contributed by atoms with Crippen LogP contribution in [0.3, 0.4) is 0 Å². The molecule has 1 amide bonds. The second kappa shape index (κ2) is 8.19. The van der Waals surface area contributed by atoms with Crippen LogP contribution in [0.2, 0.25) is 5.02 Å². The SMILES string of the molecule is CCN(CC)c1cc2c(cc1NC(=O)c1cc([N+](=O)[O-])ccc1Cl)n(C)c(=O)n2C. The molecule has 0 aliphatic carbocycles. The van der Waals surface area contributed by atoms with E-state index in [2.05, 4.69) is 5.32 Å². The standard InChI is InChI=1S/C20H22ClN5O4/c1-5-25(6-2)16-11-18-17(23(3)20(28)24(18)4)10-15(16)22-19(27)13-9-12(26(29)30)7-8-14(13)21/h7-11H,5-6H2,1-4H3,(H,22,27).